The molecule has 7 nitrogen and oxygen atoms in total. The van der Waals surface area contributed by atoms with Crippen LogP contribution >= 0.6 is 0 Å². The molecule has 1 amide bonds. The predicted molar refractivity (Wildman–Crippen MR) is 81.1 cm³/mol. The molecule has 0 saturated carbocycles. The first-order chi connectivity index (χ1) is 10.4. The maximum Gasteiger partial charge on any atom is 0.407 e. The van der Waals surface area contributed by atoms with Gasteiger partial charge in [-0.3, -0.25) is 4.79 Å². The highest BCUT2D eigenvalue weighted by atomic mass is 17.2. The Hall–Kier alpha value is -1.60. The summed E-state index contributed by atoms with van der Waals surface area (Å²) >= 11 is 0. The molecule has 0 fully saturated rings. The van der Waals surface area contributed by atoms with Gasteiger partial charge in [-0.05, 0) is 20.3 Å². The molecule has 1 N–H and O–H groups in total. The largest absolute Gasteiger partial charge is 0.462 e. The van der Waals surface area contributed by atoms with Crippen molar-refractivity contribution in [3.63, 3.8) is 0 Å². The fourth-order valence-electron chi connectivity index (χ4n) is 1.16. The van der Waals surface area contributed by atoms with E-state index in [9.17, 15) is 9.59 Å². The topological polar surface area (TPSA) is 83.1 Å². The smallest absolute Gasteiger partial charge is 0.407 e. The number of amides is 1. The lowest BCUT2D eigenvalue weighted by Crippen LogP contribution is -2.32. The van der Waals surface area contributed by atoms with Crippen molar-refractivity contribution in [1.82, 2.24) is 5.32 Å². The summed E-state index contributed by atoms with van der Waals surface area (Å²) in [7, 11) is 0. The van der Waals surface area contributed by atoms with Gasteiger partial charge in [0.2, 0.25) is 0 Å². The van der Waals surface area contributed by atoms with Gasteiger partial charge >= 0.3 is 12.1 Å². The number of nitrogens with one attached hydrogen (secondary N) is 1. The Morgan fingerprint density at radius 1 is 1.23 bits per heavy atom. The number of carbonyl (C=O) groups is 2. The molecule has 0 aliphatic heterocycles. The van der Waals surface area contributed by atoms with Crippen molar-refractivity contribution in [3.8, 4) is 0 Å². The van der Waals surface area contributed by atoms with Crippen LogP contribution in [0.1, 0.15) is 34.1 Å². The first-order valence-electron chi connectivity index (χ1n) is 7.36. The van der Waals surface area contributed by atoms with Gasteiger partial charge in [0, 0.05) is 6.54 Å². The lowest BCUT2D eigenvalue weighted by molar-refractivity contribution is -0.286. The Labute approximate surface area is 131 Å². The molecule has 0 radical (unpaired) electrons. The summed E-state index contributed by atoms with van der Waals surface area (Å²) < 4.78 is 10.1. The van der Waals surface area contributed by atoms with E-state index < -0.39 is 12.2 Å². The van der Waals surface area contributed by atoms with Crippen LogP contribution < -0.4 is 5.32 Å². The first kappa shape index (κ1) is 20.4. The summed E-state index contributed by atoms with van der Waals surface area (Å²) in [6.07, 6.45) is -0.411. The molecule has 0 aliphatic carbocycles. The standard InChI is InChI=1S/C15H27NO6/c1-6-12(4)14(17)19-10-13(5)22-15(18)16-7-8-20-21-9-11(2)3/h12-13H,2,6-10H2,1,3-5H3,(H,16,18). The molecule has 0 saturated heterocycles. The van der Waals surface area contributed by atoms with Crippen LogP contribution in [0.5, 0.6) is 0 Å². The van der Waals surface area contributed by atoms with E-state index in [1.165, 1.54) is 0 Å². The molecule has 0 aromatic rings. The van der Waals surface area contributed by atoms with E-state index in [1.807, 2.05) is 13.8 Å². The van der Waals surface area contributed by atoms with Gasteiger partial charge in [0.25, 0.3) is 0 Å². The zero-order valence-corrected chi connectivity index (χ0v) is 13.8. The average molecular weight is 317 g/mol. The fraction of sp³-hybridized carbons (Fsp3) is 0.733. The maximum absolute atomic E-state index is 11.5. The minimum Gasteiger partial charge on any atom is -0.462 e. The highest BCUT2D eigenvalue weighted by molar-refractivity contribution is 5.72. The second-order valence-electron chi connectivity index (χ2n) is 5.12. The Kier molecular flexibility index (Phi) is 11.1. The molecule has 7 heteroatoms. The van der Waals surface area contributed by atoms with E-state index in [0.717, 1.165) is 5.57 Å². The number of carbonyl (C=O) groups excluding carboxylic acids is 2. The van der Waals surface area contributed by atoms with Crippen molar-refractivity contribution < 1.29 is 28.8 Å². The van der Waals surface area contributed by atoms with E-state index in [4.69, 9.17) is 19.2 Å². The normalized spacial score (nSPS) is 13.1. The molecule has 2 atom stereocenters. The van der Waals surface area contributed by atoms with Crippen LogP contribution in [0.3, 0.4) is 0 Å². The van der Waals surface area contributed by atoms with E-state index >= 15 is 0 Å². The predicted octanol–water partition coefficient (Wildman–Crippen LogP) is 2.21. The van der Waals surface area contributed by atoms with E-state index in [1.54, 1.807) is 13.8 Å². The lowest BCUT2D eigenvalue weighted by atomic mass is 10.1. The molecule has 0 aromatic carbocycles. The van der Waals surface area contributed by atoms with Crippen LogP contribution in [0.15, 0.2) is 12.2 Å². The molecule has 0 bridgehead atoms. The molecule has 0 aliphatic rings. The maximum atomic E-state index is 11.5. The summed E-state index contributed by atoms with van der Waals surface area (Å²) in [6, 6.07) is 0. The molecular formula is C15H27NO6. The van der Waals surface area contributed by atoms with Gasteiger partial charge in [-0.15, -0.1) is 0 Å². The van der Waals surface area contributed by atoms with Crippen LogP contribution in [-0.2, 0) is 24.0 Å². The van der Waals surface area contributed by atoms with E-state index in [2.05, 4.69) is 11.9 Å². The van der Waals surface area contributed by atoms with Gasteiger partial charge < -0.3 is 14.8 Å². The Morgan fingerprint density at radius 2 is 1.91 bits per heavy atom. The van der Waals surface area contributed by atoms with Gasteiger partial charge in [-0.2, -0.15) is 0 Å². The van der Waals surface area contributed by atoms with Crippen molar-refractivity contribution in [3.05, 3.63) is 12.2 Å². The molecule has 0 rings (SSSR count). The summed E-state index contributed by atoms with van der Waals surface area (Å²) in [5.74, 6) is -0.446. The molecule has 22 heavy (non-hydrogen) atoms. The number of rotatable bonds is 11. The minimum atomic E-state index is -0.601. The summed E-state index contributed by atoms with van der Waals surface area (Å²) in [6.45, 7) is 11.6. The summed E-state index contributed by atoms with van der Waals surface area (Å²) in [5.41, 5.74) is 0.841. The minimum absolute atomic E-state index is 0.0365. The average Bonchev–Trinajstić information content (AvgIpc) is 2.47. The number of alkyl carbamates (subject to hydrolysis) is 1. The lowest BCUT2D eigenvalue weighted by Gasteiger charge is -2.15. The van der Waals surface area contributed by atoms with Crippen LogP contribution in [0.4, 0.5) is 4.79 Å². The van der Waals surface area contributed by atoms with Gasteiger partial charge in [0.15, 0.2) is 0 Å². The molecule has 0 heterocycles. The number of ether oxygens (including phenoxy) is 2. The molecule has 0 aromatic heterocycles. The highest BCUT2D eigenvalue weighted by Gasteiger charge is 2.15. The van der Waals surface area contributed by atoms with Crippen molar-refractivity contribution in [1.29, 1.82) is 0 Å². The zero-order chi connectivity index (χ0) is 17.0. The zero-order valence-electron chi connectivity index (χ0n) is 13.8. The van der Waals surface area contributed by atoms with Crippen LogP contribution in [0.25, 0.3) is 0 Å². The van der Waals surface area contributed by atoms with Gasteiger partial charge in [-0.25, -0.2) is 14.6 Å². The quantitative estimate of drug-likeness (QED) is 0.207. The van der Waals surface area contributed by atoms with Crippen molar-refractivity contribution in [2.75, 3.05) is 26.4 Å². The van der Waals surface area contributed by atoms with Crippen molar-refractivity contribution >= 4 is 12.1 Å². The highest BCUT2D eigenvalue weighted by Crippen LogP contribution is 2.04. The molecular weight excluding hydrogens is 290 g/mol. The Balaban J connectivity index is 3.65. The molecule has 0 spiro atoms. The van der Waals surface area contributed by atoms with Crippen molar-refractivity contribution in [2.24, 2.45) is 5.92 Å². The van der Waals surface area contributed by atoms with Gasteiger partial charge in [0.1, 0.15) is 19.3 Å². The van der Waals surface area contributed by atoms with Crippen LogP contribution in [0.2, 0.25) is 0 Å². The third kappa shape index (κ3) is 11.1. The van der Waals surface area contributed by atoms with Crippen LogP contribution in [0, 0.1) is 5.92 Å². The first-order valence-corrected chi connectivity index (χ1v) is 7.36. The van der Waals surface area contributed by atoms with E-state index in [0.29, 0.717) is 13.0 Å². The molecule has 128 valence electrons. The van der Waals surface area contributed by atoms with Gasteiger partial charge in [0.05, 0.1) is 12.5 Å². The van der Waals surface area contributed by atoms with E-state index in [-0.39, 0.29) is 31.6 Å². The Bertz CT molecular complexity index is 358. The second kappa shape index (κ2) is 12.0. The monoisotopic (exact) mass is 317 g/mol. The summed E-state index contributed by atoms with van der Waals surface area (Å²) in [4.78, 5) is 32.5. The van der Waals surface area contributed by atoms with Crippen molar-refractivity contribution in [2.45, 2.75) is 40.2 Å². The summed E-state index contributed by atoms with van der Waals surface area (Å²) in [5, 5.41) is 2.49. The Morgan fingerprint density at radius 3 is 2.50 bits per heavy atom. The van der Waals surface area contributed by atoms with Crippen LogP contribution in [-0.4, -0.2) is 44.5 Å². The number of esters is 1. The SMILES string of the molecule is C=C(C)COOCCNC(=O)OC(C)COC(=O)C(C)CC. The molecule has 2 unspecified atom stereocenters. The third-order valence-corrected chi connectivity index (χ3v) is 2.63. The third-order valence-electron chi connectivity index (χ3n) is 2.63. The number of hydrogen-bond donors (Lipinski definition) is 1. The number of hydrogen-bond acceptors (Lipinski definition) is 6. The second-order valence-corrected chi connectivity index (χ2v) is 5.12. The fourth-order valence-corrected chi connectivity index (χ4v) is 1.16. The van der Waals surface area contributed by atoms with Gasteiger partial charge in [-0.1, -0.05) is 26.0 Å².